The summed E-state index contributed by atoms with van der Waals surface area (Å²) in [5.41, 5.74) is -0.251. The molecule has 4 aromatic heterocycles. The van der Waals surface area contributed by atoms with E-state index >= 15 is 0 Å². The monoisotopic (exact) mass is 1690 g/mol. The van der Waals surface area contributed by atoms with E-state index in [0.717, 1.165) is 60.6 Å². The van der Waals surface area contributed by atoms with Crippen LogP contribution >= 0.6 is 34.3 Å². The molecule has 612 valence electrons. The molecule has 4 aliphatic heterocycles. The molecule has 6 fully saturated rings. The van der Waals surface area contributed by atoms with Crippen LogP contribution in [0.5, 0.6) is 29.0 Å². The molecule has 8 aromatic rings. The first kappa shape index (κ1) is 81.0. The van der Waals surface area contributed by atoms with Crippen molar-refractivity contribution in [2.24, 2.45) is 11.8 Å². The number of anilines is 2. The van der Waals surface area contributed by atoms with Gasteiger partial charge in [-0.3, -0.25) is 38.2 Å². The number of rotatable bonds is 19. The number of halogens is 4. The largest absolute Gasteiger partial charge is 0.573 e. The minimum atomic E-state index is -4.83. The Morgan fingerprint density at radius 3 is 1.60 bits per heavy atom. The Kier molecular flexibility index (Phi) is 23.6. The molecular weight excluding hydrogens is 1600 g/mol. The maximum Gasteiger partial charge on any atom is 0.573 e. The number of carbonyl (C=O) groups excluding carboxylic acids is 6. The highest BCUT2D eigenvalue weighted by molar-refractivity contribution is 7.91. The second-order valence-electron chi connectivity index (χ2n) is 30.4. The van der Waals surface area contributed by atoms with Crippen LogP contribution in [0.2, 0.25) is 5.02 Å². The van der Waals surface area contributed by atoms with Crippen molar-refractivity contribution in [3.8, 4) is 51.5 Å². The Bertz CT molecular complexity index is 5350. The second-order valence-corrected chi connectivity index (χ2v) is 36.5. The molecule has 4 saturated carbocycles. The van der Waals surface area contributed by atoms with E-state index in [0.29, 0.717) is 106 Å². The van der Waals surface area contributed by atoms with Gasteiger partial charge in [0.1, 0.15) is 64.7 Å². The number of amides is 6. The minimum absolute atomic E-state index is 0.00802. The number of nitrogens with one attached hydrogen (secondary N) is 6. The summed E-state index contributed by atoms with van der Waals surface area (Å²) < 4.78 is 122. The molecule has 16 rings (SSSR count). The van der Waals surface area contributed by atoms with Crippen LogP contribution in [0.3, 0.4) is 0 Å². The predicted molar refractivity (Wildman–Crippen MR) is 430 cm³/mol. The first-order valence-corrected chi connectivity index (χ1v) is 43.9. The molecule has 10 atom stereocenters. The number of fused-ring (bicyclic) bond motifs is 6. The summed E-state index contributed by atoms with van der Waals surface area (Å²) in [5, 5.41) is 19.1. The van der Waals surface area contributed by atoms with E-state index in [-0.39, 0.29) is 62.2 Å². The van der Waals surface area contributed by atoms with Crippen molar-refractivity contribution in [3.05, 3.63) is 150 Å². The zero-order chi connectivity index (χ0) is 81.3. The molecule has 8 aliphatic rings. The van der Waals surface area contributed by atoms with Crippen molar-refractivity contribution < 1.29 is 82.5 Å². The predicted octanol–water partition coefficient (Wildman–Crippen LogP) is 12.0. The summed E-state index contributed by atoms with van der Waals surface area (Å²) in [6.07, 6.45) is 14.1. The Morgan fingerprint density at radius 2 is 1.09 bits per heavy atom. The van der Waals surface area contributed by atoms with Gasteiger partial charge in [0.15, 0.2) is 10.3 Å². The summed E-state index contributed by atoms with van der Waals surface area (Å²) in [6, 6.07) is 23.9. The normalized spacial score (nSPS) is 25.8. The number of hydrogen-bond acceptors (Lipinski definition) is 23. The maximum atomic E-state index is 14.8. The lowest BCUT2D eigenvalue weighted by atomic mass is 10.1. The Balaban J connectivity index is 0.000000183. The van der Waals surface area contributed by atoms with Crippen molar-refractivity contribution >= 4 is 122 Å². The number of sulfonamides is 2. The van der Waals surface area contributed by atoms with Crippen LogP contribution in [0.1, 0.15) is 116 Å². The smallest absolute Gasteiger partial charge is 0.497 e. The zero-order valence-corrected chi connectivity index (χ0v) is 67.2. The number of nitrogens with zero attached hydrogens (tertiary/aromatic N) is 6. The van der Waals surface area contributed by atoms with Crippen LogP contribution in [-0.2, 0) is 48.8 Å². The molecule has 6 N–H and O–H groups in total. The average Bonchev–Trinajstić information content (AvgIpc) is 1.57. The number of pyridine rings is 2. The fourth-order valence-corrected chi connectivity index (χ4v) is 19.9. The summed E-state index contributed by atoms with van der Waals surface area (Å²) in [4.78, 5) is 108. The van der Waals surface area contributed by atoms with Crippen molar-refractivity contribution in [3.63, 3.8) is 0 Å². The van der Waals surface area contributed by atoms with Crippen molar-refractivity contribution in [1.82, 2.24) is 49.8 Å². The van der Waals surface area contributed by atoms with Gasteiger partial charge >= 0.3 is 6.36 Å². The first-order chi connectivity index (χ1) is 55.7. The molecule has 8 heterocycles. The molecular formula is C81H86ClF3N12O15S4. The highest BCUT2D eigenvalue weighted by Gasteiger charge is 2.64. The van der Waals surface area contributed by atoms with Gasteiger partial charge in [0, 0.05) is 73.9 Å². The third-order valence-electron chi connectivity index (χ3n) is 22.2. The third kappa shape index (κ3) is 18.5. The highest BCUT2D eigenvalue weighted by Crippen LogP contribution is 2.49. The van der Waals surface area contributed by atoms with Gasteiger partial charge in [-0.15, -0.1) is 35.8 Å². The molecule has 116 heavy (non-hydrogen) atoms. The maximum absolute atomic E-state index is 14.8. The van der Waals surface area contributed by atoms with E-state index in [1.807, 2.05) is 84.3 Å². The van der Waals surface area contributed by atoms with E-state index in [2.05, 4.69) is 50.4 Å². The van der Waals surface area contributed by atoms with E-state index in [1.165, 1.54) is 70.0 Å². The molecule has 6 amide bonds. The van der Waals surface area contributed by atoms with Crippen LogP contribution in [0.25, 0.3) is 44.1 Å². The molecule has 0 unspecified atom stereocenters. The average molecular weight is 1690 g/mol. The van der Waals surface area contributed by atoms with Gasteiger partial charge in [0.05, 0.1) is 55.4 Å². The number of hydrogen-bond donors (Lipinski definition) is 6. The molecule has 2 saturated heterocycles. The fraction of sp³-hybridized carbons (Fsp3) is 0.432. The number of alkyl halides is 3. The van der Waals surface area contributed by atoms with Crippen LogP contribution < -0.4 is 54.4 Å². The van der Waals surface area contributed by atoms with Crippen molar-refractivity contribution in [1.29, 1.82) is 0 Å². The van der Waals surface area contributed by atoms with Gasteiger partial charge in [-0.05, 0) is 149 Å². The standard InChI is InChI=1S/C41H42ClF3N6O8S2.C40H44N6O7S2/c1-57-34-20-46-36(30-17-25(42)11-16-29(30)34)58-27-18-33-35(52)49-40(38(54)50-61(55,56)28-14-15-28)19-24(40)7-5-3-2-4-6-8-31(37(53)51(33)21-27)47-39-48-32(22-60-39)23-9-12-26(13-10-23)59-41(43,44)45;1-52-28-14-17-31-26(20-28)18-19-41-36(31)53-29-21-34-35(47)44-40(38(49)45-55(50,51)30-15-16-30)22-27(40)12-8-3-2-4-9-13-32(37(48)46(34)23-29)42-39-43-33(24-54-39)25-10-6-5-7-11-25/h5,7,9-13,16-17,20,22,24,27-28,31,33H,2-4,6,8,14-15,18-19,21H2,1H3,(H,47,48)(H,49,52)(H,50,54);5-8,10-12,14,17-20,24,27,29-30,32,34H,2-4,9,13,15-16,21-23H2,1H3,(H,42,43)(H,44,47)(H,45,49)/b7-5-;12-8-/t24-,27-,31+,33+,40-;27-,29-,32+,34+,40-/m11/s1. The number of benzene rings is 4. The van der Waals surface area contributed by atoms with Crippen LogP contribution in [0.4, 0.5) is 23.4 Å². The zero-order valence-electron chi connectivity index (χ0n) is 63.2. The Labute approximate surface area is 680 Å². The SMILES string of the molecule is COc1ccc2c(O[C@@H]3C[C@H]4C(=O)N[C@]5(C(=O)NS(=O)(=O)C6CC6)C[C@H]5/C=C\CCCCC[C@H](Nc5nc(-c6ccccc6)cs5)C(=O)N4C3)nccc2c1.COc1cnc(O[C@@H]2C[C@H]3C(=O)N[C@]4(C(=O)NS(=O)(=O)C5CC5)C[C@H]4/C=C\CCCCC[C@H](Nc4nc(-c5ccc(OC(F)(F)F)cc5)cs4)C(=O)N3C2)c2cc(Cl)ccc12. The van der Waals surface area contributed by atoms with Gasteiger partial charge in [-0.2, -0.15) is 0 Å². The summed E-state index contributed by atoms with van der Waals surface area (Å²) in [6.45, 7) is 0.0496. The number of ether oxygens (including phenoxy) is 5. The number of aromatic nitrogens is 4. The molecule has 4 aliphatic carbocycles. The van der Waals surface area contributed by atoms with Crippen molar-refractivity contribution in [2.75, 3.05) is 37.9 Å². The lowest BCUT2D eigenvalue weighted by Gasteiger charge is -2.29. The topological polar surface area (TPSA) is 347 Å². The number of carbonyl (C=O) groups is 6. The first-order valence-electron chi connectivity index (χ1n) is 38.7. The Morgan fingerprint density at radius 1 is 0.586 bits per heavy atom. The van der Waals surface area contributed by atoms with Gasteiger partial charge < -0.3 is 54.8 Å². The van der Waals surface area contributed by atoms with E-state index in [1.54, 1.807) is 36.9 Å². The van der Waals surface area contributed by atoms with Crippen LogP contribution in [0, 0.1) is 11.8 Å². The van der Waals surface area contributed by atoms with Gasteiger partial charge in [0.25, 0.3) is 11.8 Å². The second kappa shape index (κ2) is 33.8. The van der Waals surface area contributed by atoms with Crippen LogP contribution in [-0.4, -0.2) is 174 Å². The minimum Gasteiger partial charge on any atom is -0.497 e. The number of methoxy groups -OCH3 is 2. The highest BCUT2D eigenvalue weighted by atomic mass is 35.5. The summed E-state index contributed by atoms with van der Waals surface area (Å²) in [5.74, 6) is -2.95. The number of thiazole rings is 2. The fourth-order valence-electron chi connectivity index (χ4n) is 15.5. The van der Waals surface area contributed by atoms with Crippen molar-refractivity contribution in [2.45, 2.75) is 180 Å². The molecule has 4 aromatic carbocycles. The van der Waals surface area contributed by atoms with Gasteiger partial charge in [0.2, 0.25) is 55.4 Å². The van der Waals surface area contributed by atoms with E-state index in [4.69, 9.17) is 35.5 Å². The molecule has 0 spiro atoms. The number of allylic oxidation sites excluding steroid dienone is 2. The summed E-state index contributed by atoms with van der Waals surface area (Å²) in [7, 11) is -4.69. The molecule has 0 bridgehead atoms. The van der Waals surface area contributed by atoms with Gasteiger partial charge in [-0.1, -0.05) is 91.9 Å². The van der Waals surface area contributed by atoms with Crippen LogP contribution in [0.15, 0.2) is 145 Å². The van der Waals surface area contributed by atoms with E-state index in [9.17, 15) is 58.8 Å². The lowest BCUT2D eigenvalue weighted by Crippen LogP contribution is -2.57. The lowest BCUT2D eigenvalue weighted by molar-refractivity contribution is -0.274. The third-order valence-corrected chi connectivity index (χ3v) is 27.7. The molecule has 35 heteroatoms. The summed E-state index contributed by atoms with van der Waals surface area (Å²) >= 11 is 8.99. The Hall–Kier alpha value is -10.2. The quantitative estimate of drug-likeness (QED) is 0.0410. The van der Waals surface area contributed by atoms with Gasteiger partial charge in [-0.25, -0.2) is 36.8 Å². The van der Waals surface area contributed by atoms with E-state index < -0.39 is 120 Å². The molecule has 27 nitrogen and oxygen atoms in total. The molecule has 0 radical (unpaired) electrons.